The van der Waals surface area contributed by atoms with Crippen LogP contribution in [0.1, 0.15) is 11.3 Å². The minimum absolute atomic E-state index is 0.332. The predicted octanol–water partition coefficient (Wildman–Crippen LogP) is 0.971. The summed E-state index contributed by atoms with van der Waals surface area (Å²) >= 11 is 0. The van der Waals surface area contributed by atoms with Gasteiger partial charge >= 0.3 is 0 Å². The normalized spacial score (nSPS) is 16.5. The molecule has 1 aromatic carbocycles. The molecular weight excluding hydrogens is 366 g/mol. The molecule has 0 radical (unpaired) electrons. The van der Waals surface area contributed by atoms with Crippen molar-refractivity contribution in [2.45, 2.75) is 18.0 Å². The molecule has 0 bridgehead atoms. The summed E-state index contributed by atoms with van der Waals surface area (Å²) in [5.74, 6) is 0.850. The summed E-state index contributed by atoms with van der Waals surface area (Å²) in [5, 5.41) is 7.32. The Labute approximate surface area is 159 Å². The Balaban J connectivity index is 1.49. The van der Waals surface area contributed by atoms with Crippen molar-refractivity contribution in [3.63, 3.8) is 0 Å². The van der Waals surface area contributed by atoms with Crippen molar-refractivity contribution in [2.24, 2.45) is 4.99 Å². The number of hydrogen-bond donors (Lipinski definition) is 1. The molecule has 2 aromatic rings. The molecule has 3 rings (SSSR count). The van der Waals surface area contributed by atoms with Gasteiger partial charge in [0.15, 0.2) is 15.8 Å². The number of guanidine groups is 1. The fraction of sp³-hybridized carbons (Fsp3) is 0.444. The van der Waals surface area contributed by atoms with Crippen LogP contribution in [0.5, 0.6) is 0 Å². The Morgan fingerprint density at radius 1 is 1.19 bits per heavy atom. The van der Waals surface area contributed by atoms with Crippen molar-refractivity contribution in [1.29, 1.82) is 0 Å². The van der Waals surface area contributed by atoms with Gasteiger partial charge in [-0.15, -0.1) is 0 Å². The number of piperazine rings is 1. The predicted molar refractivity (Wildman–Crippen MR) is 103 cm³/mol. The lowest BCUT2D eigenvalue weighted by Gasteiger charge is -2.36. The van der Waals surface area contributed by atoms with Gasteiger partial charge in [0.05, 0.1) is 10.6 Å². The molecule has 1 fully saturated rings. The van der Waals surface area contributed by atoms with Crippen molar-refractivity contribution in [3.05, 3.63) is 47.9 Å². The fourth-order valence-corrected chi connectivity index (χ4v) is 3.66. The number of rotatable bonds is 5. The number of nitrogens with zero attached hydrogens (tertiary/aromatic N) is 4. The van der Waals surface area contributed by atoms with E-state index >= 15 is 0 Å². The summed E-state index contributed by atoms with van der Waals surface area (Å²) in [5.41, 5.74) is 1.96. The topological polar surface area (TPSA) is 91.0 Å². The number of hydrogen-bond acceptors (Lipinski definition) is 6. The van der Waals surface area contributed by atoms with Crippen molar-refractivity contribution in [2.75, 3.05) is 39.5 Å². The summed E-state index contributed by atoms with van der Waals surface area (Å²) in [6, 6.07) is 8.82. The second-order valence-corrected chi connectivity index (χ2v) is 8.59. The van der Waals surface area contributed by atoms with E-state index < -0.39 is 9.84 Å². The smallest absolute Gasteiger partial charge is 0.194 e. The maximum atomic E-state index is 11.5. The minimum Gasteiger partial charge on any atom is -0.364 e. The zero-order chi connectivity index (χ0) is 19.3. The zero-order valence-corrected chi connectivity index (χ0v) is 16.4. The van der Waals surface area contributed by atoms with E-state index in [-0.39, 0.29) is 0 Å². The molecule has 0 unspecified atom stereocenters. The van der Waals surface area contributed by atoms with Crippen LogP contribution in [-0.2, 0) is 22.9 Å². The Kier molecular flexibility index (Phi) is 6.12. The quantitative estimate of drug-likeness (QED) is 0.600. The van der Waals surface area contributed by atoms with Crippen LogP contribution in [0.2, 0.25) is 0 Å². The third-order valence-electron chi connectivity index (χ3n) is 4.56. The van der Waals surface area contributed by atoms with Gasteiger partial charge in [-0.25, -0.2) is 8.42 Å². The first kappa shape index (κ1) is 19.4. The van der Waals surface area contributed by atoms with E-state index in [4.69, 9.17) is 4.52 Å². The average Bonchev–Trinajstić information content (AvgIpc) is 3.16. The number of aliphatic imine (C=N–C) groups is 1. The monoisotopic (exact) mass is 391 g/mol. The lowest BCUT2D eigenvalue weighted by atomic mass is 10.2. The van der Waals surface area contributed by atoms with Crippen molar-refractivity contribution in [3.8, 4) is 0 Å². The van der Waals surface area contributed by atoms with Gasteiger partial charge in [0.2, 0.25) is 0 Å². The molecule has 2 heterocycles. The Hall–Kier alpha value is -2.39. The maximum absolute atomic E-state index is 11.5. The van der Waals surface area contributed by atoms with Crippen molar-refractivity contribution in [1.82, 2.24) is 20.3 Å². The van der Waals surface area contributed by atoms with Crippen LogP contribution >= 0.6 is 0 Å². The molecule has 0 aliphatic carbocycles. The van der Waals surface area contributed by atoms with Crippen LogP contribution in [-0.4, -0.2) is 68.8 Å². The minimum atomic E-state index is -3.16. The number of aromatic nitrogens is 1. The molecule has 0 amide bonds. The van der Waals surface area contributed by atoms with E-state index in [0.717, 1.165) is 49.9 Å². The first-order valence-electron chi connectivity index (χ1n) is 8.82. The summed E-state index contributed by atoms with van der Waals surface area (Å²) in [7, 11) is -1.39. The molecule has 9 heteroatoms. The molecule has 0 atom stereocenters. The molecule has 146 valence electrons. The average molecular weight is 391 g/mol. The summed E-state index contributed by atoms with van der Waals surface area (Å²) in [6.07, 6.45) is 2.81. The standard InChI is InChI=1S/C18H25N5O3S/c1-19-18(20-13-15-3-5-17(6-4-15)27(2,24)25)23-10-8-22(9-11-23)14-16-7-12-26-21-16/h3-7,12H,8-11,13-14H2,1-2H3,(H,19,20). The van der Waals surface area contributed by atoms with E-state index in [1.807, 2.05) is 18.2 Å². The largest absolute Gasteiger partial charge is 0.364 e. The van der Waals surface area contributed by atoms with Crippen LogP contribution < -0.4 is 5.32 Å². The third kappa shape index (κ3) is 5.30. The highest BCUT2D eigenvalue weighted by atomic mass is 32.2. The van der Waals surface area contributed by atoms with Crippen molar-refractivity contribution < 1.29 is 12.9 Å². The Morgan fingerprint density at radius 2 is 1.89 bits per heavy atom. The zero-order valence-electron chi connectivity index (χ0n) is 15.6. The Bertz CT molecular complexity index is 855. The van der Waals surface area contributed by atoms with Crippen LogP contribution in [0.4, 0.5) is 0 Å². The van der Waals surface area contributed by atoms with Gasteiger partial charge < -0.3 is 14.7 Å². The second-order valence-electron chi connectivity index (χ2n) is 6.57. The highest BCUT2D eigenvalue weighted by molar-refractivity contribution is 7.90. The lowest BCUT2D eigenvalue weighted by molar-refractivity contribution is 0.169. The molecule has 8 nitrogen and oxygen atoms in total. The van der Waals surface area contributed by atoms with E-state index in [1.165, 1.54) is 6.26 Å². The Morgan fingerprint density at radius 3 is 2.44 bits per heavy atom. The highest BCUT2D eigenvalue weighted by Gasteiger charge is 2.20. The number of sulfone groups is 1. The van der Waals surface area contributed by atoms with E-state index in [2.05, 4.69) is 25.3 Å². The van der Waals surface area contributed by atoms with E-state index in [0.29, 0.717) is 11.4 Å². The number of nitrogens with one attached hydrogen (secondary N) is 1. The van der Waals surface area contributed by atoms with Crippen LogP contribution in [0.15, 0.2) is 51.0 Å². The molecule has 1 aromatic heterocycles. The van der Waals surface area contributed by atoms with Gasteiger partial charge in [0.25, 0.3) is 0 Å². The SMILES string of the molecule is CN=C(NCc1ccc(S(C)(=O)=O)cc1)N1CCN(Cc2ccon2)CC1. The van der Waals surface area contributed by atoms with Crippen LogP contribution in [0.25, 0.3) is 0 Å². The van der Waals surface area contributed by atoms with Crippen molar-refractivity contribution >= 4 is 15.8 Å². The molecule has 1 saturated heterocycles. The summed E-state index contributed by atoms with van der Waals surface area (Å²) in [6.45, 7) is 5.00. The van der Waals surface area contributed by atoms with Gasteiger partial charge in [0.1, 0.15) is 6.26 Å². The third-order valence-corrected chi connectivity index (χ3v) is 5.69. The number of benzene rings is 1. The highest BCUT2D eigenvalue weighted by Crippen LogP contribution is 2.11. The molecular formula is C18H25N5O3S. The van der Waals surface area contributed by atoms with Crippen LogP contribution in [0, 0.1) is 0 Å². The van der Waals surface area contributed by atoms with Gasteiger partial charge in [0, 0.05) is 58.6 Å². The van der Waals surface area contributed by atoms with E-state index in [9.17, 15) is 8.42 Å². The molecule has 0 saturated carbocycles. The first-order valence-corrected chi connectivity index (χ1v) is 10.7. The lowest BCUT2D eigenvalue weighted by Crippen LogP contribution is -2.52. The van der Waals surface area contributed by atoms with Gasteiger partial charge in [-0.05, 0) is 17.7 Å². The molecule has 1 N–H and O–H groups in total. The van der Waals surface area contributed by atoms with Crippen LogP contribution in [0.3, 0.4) is 0 Å². The summed E-state index contributed by atoms with van der Waals surface area (Å²) < 4.78 is 28.0. The second kappa shape index (κ2) is 8.53. The maximum Gasteiger partial charge on any atom is 0.194 e. The van der Waals surface area contributed by atoms with Gasteiger partial charge in [-0.3, -0.25) is 9.89 Å². The molecule has 1 aliphatic rings. The van der Waals surface area contributed by atoms with E-state index in [1.54, 1.807) is 25.4 Å². The first-order chi connectivity index (χ1) is 13.0. The summed E-state index contributed by atoms with van der Waals surface area (Å²) in [4.78, 5) is 9.27. The van der Waals surface area contributed by atoms with Gasteiger partial charge in [-0.2, -0.15) is 0 Å². The molecule has 27 heavy (non-hydrogen) atoms. The molecule has 0 spiro atoms. The fourth-order valence-electron chi connectivity index (χ4n) is 3.03. The van der Waals surface area contributed by atoms with Gasteiger partial charge in [-0.1, -0.05) is 17.3 Å². The molecule has 1 aliphatic heterocycles.